The fourth-order valence-electron chi connectivity index (χ4n) is 2.19. The molecule has 152 valence electrons. The van der Waals surface area contributed by atoms with Crippen molar-refractivity contribution in [2.75, 3.05) is 20.8 Å². The molecule has 0 amide bonds. The Kier molecular flexibility index (Phi) is 7.92. The van der Waals surface area contributed by atoms with Gasteiger partial charge < -0.3 is 18.9 Å². The Morgan fingerprint density at radius 2 is 1.70 bits per heavy atom. The third-order valence-corrected chi connectivity index (χ3v) is 3.28. The van der Waals surface area contributed by atoms with Crippen LogP contribution in [0.2, 0.25) is 0 Å². The summed E-state index contributed by atoms with van der Waals surface area (Å²) >= 11 is 0. The summed E-state index contributed by atoms with van der Waals surface area (Å²) in [5.41, 5.74) is -0.182. The van der Waals surface area contributed by atoms with Gasteiger partial charge in [0.1, 0.15) is 11.2 Å². The zero-order chi connectivity index (χ0) is 20.7. The summed E-state index contributed by atoms with van der Waals surface area (Å²) in [4.78, 5) is 20.3. The molecule has 7 heteroatoms. The van der Waals surface area contributed by atoms with Crippen molar-refractivity contribution in [1.82, 2.24) is 4.98 Å². The maximum atomic E-state index is 11.8. The minimum atomic E-state index is -1.19. The zero-order valence-corrected chi connectivity index (χ0v) is 17.7. The van der Waals surface area contributed by atoms with E-state index in [9.17, 15) is 4.79 Å². The molecule has 27 heavy (non-hydrogen) atoms. The van der Waals surface area contributed by atoms with Crippen LogP contribution in [-0.4, -0.2) is 49.1 Å². The van der Waals surface area contributed by atoms with Gasteiger partial charge in [-0.3, -0.25) is 9.79 Å². The molecule has 0 radical (unpaired) electrons. The molecule has 1 aromatic heterocycles. The zero-order valence-electron chi connectivity index (χ0n) is 17.7. The highest BCUT2D eigenvalue weighted by Crippen LogP contribution is 2.26. The number of methoxy groups -OCH3 is 2. The molecule has 1 heterocycles. The first-order valence-electron chi connectivity index (χ1n) is 8.89. The molecule has 0 saturated carbocycles. The monoisotopic (exact) mass is 380 g/mol. The molecule has 0 saturated heterocycles. The number of nitrogens with zero attached hydrogens (tertiary/aromatic N) is 2. The van der Waals surface area contributed by atoms with E-state index in [2.05, 4.69) is 9.98 Å². The van der Waals surface area contributed by atoms with E-state index in [1.807, 2.05) is 41.5 Å². The highest BCUT2D eigenvalue weighted by molar-refractivity contribution is 5.72. The second kappa shape index (κ2) is 9.28. The molecule has 0 aliphatic heterocycles. The maximum absolute atomic E-state index is 11.8. The van der Waals surface area contributed by atoms with E-state index in [1.165, 1.54) is 20.4 Å². The Balaban J connectivity index is 2.81. The minimum absolute atomic E-state index is 0.174. The first kappa shape index (κ1) is 23.0. The first-order valence-corrected chi connectivity index (χ1v) is 8.89. The number of hydrogen-bond acceptors (Lipinski definition) is 7. The number of rotatable bonds is 8. The van der Waals surface area contributed by atoms with Gasteiger partial charge in [-0.05, 0) is 47.6 Å². The normalized spacial score (nSPS) is 13.0. The largest absolute Gasteiger partial charge is 0.472 e. The third-order valence-electron chi connectivity index (χ3n) is 3.28. The summed E-state index contributed by atoms with van der Waals surface area (Å²) in [5.74, 6) is -0.985. The van der Waals surface area contributed by atoms with E-state index in [1.54, 1.807) is 18.3 Å². The Labute approximate surface area is 162 Å². The molecular formula is C20H32N2O5. The number of carbonyl (C=O) groups excluding carboxylic acids is 1. The van der Waals surface area contributed by atoms with Gasteiger partial charge in [0, 0.05) is 38.6 Å². The van der Waals surface area contributed by atoms with E-state index >= 15 is 0 Å². The van der Waals surface area contributed by atoms with Crippen LogP contribution in [0.1, 0.15) is 53.5 Å². The molecule has 0 spiro atoms. The van der Waals surface area contributed by atoms with Gasteiger partial charge in [0.25, 0.3) is 0 Å². The van der Waals surface area contributed by atoms with Crippen LogP contribution in [0.5, 0.6) is 5.88 Å². The van der Waals surface area contributed by atoms with Crippen LogP contribution in [0.25, 0.3) is 0 Å². The summed E-state index contributed by atoms with van der Waals surface area (Å²) in [5, 5.41) is 0. The van der Waals surface area contributed by atoms with Crippen molar-refractivity contribution in [3.63, 3.8) is 0 Å². The lowest BCUT2D eigenvalue weighted by atomic mass is 10.1. The average Bonchev–Trinajstić information content (AvgIpc) is 2.53. The van der Waals surface area contributed by atoms with Crippen LogP contribution in [0.3, 0.4) is 0 Å². The molecule has 1 rings (SSSR count). The van der Waals surface area contributed by atoms with E-state index in [-0.39, 0.29) is 24.5 Å². The Bertz CT molecular complexity index is 623. The van der Waals surface area contributed by atoms with Gasteiger partial charge in [-0.15, -0.1) is 0 Å². The number of aliphatic imine (C=N–C) groups is 1. The van der Waals surface area contributed by atoms with E-state index in [0.717, 1.165) is 0 Å². The fourth-order valence-corrected chi connectivity index (χ4v) is 2.19. The molecule has 0 unspecified atom stereocenters. The van der Waals surface area contributed by atoms with Gasteiger partial charge in [0.05, 0.1) is 12.6 Å². The molecule has 1 aromatic rings. The number of hydrogen-bond donors (Lipinski definition) is 0. The lowest BCUT2D eigenvalue weighted by molar-refractivity contribution is -0.157. The molecule has 0 aliphatic carbocycles. The summed E-state index contributed by atoms with van der Waals surface area (Å²) < 4.78 is 22.1. The topological polar surface area (TPSA) is 79.2 Å². The molecule has 0 fully saturated rings. The second-order valence-electron chi connectivity index (χ2n) is 8.05. The number of aromatic nitrogens is 1. The number of esters is 1. The maximum Gasteiger partial charge on any atom is 0.308 e. The van der Waals surface area contributed by atoms with Crippen molar-refractivity contribution in [3.8, 4) is 5.88 Å². The SMILES string of the molecule is COC(C=NCCC(=O)OC(C)(C)C)(OC)c1ccc(OC(C)(C)C)nc1. The van der Waals surface area contributed by atoms with Crippen LogP contribution in [-0.2, 0) is 24.8 Å². The minimum Gasteiger partial charge on any atom is -0.472 e. The summed E-state index contributed by atoms with van der Waals surface area (Å²) in [6.07, 6.45) is 3.32. The summed E-state index contributed by atoms with van der Waals surface area (Å²) in [7, 11) is 3.03. The van der Waals surface area contributed by atoms with Crippen molar-refractivity contribution in [1.29, 1.82) is 0 Å². The van der Waals surface area contributed by atoms with E-state index in [4.69, 9.17) is 18.9 Å². The lowest BCUT2D eigenvalue weighted by Gasteiger charge is -2.27. The van der Waals surface area contributed by atoms with Crippen molar-refractivity contribution in [2.24, 2.45) is 4.99 Å². The predicted molar refractivity (Wildman–Crippen MR) is 104 cm³/mol. The average molecular weight is 380 g/mol. The lowest BCUT2D eigenvalue weighted by Crippen LogP contribution is -2.33. The van der Waals surface area contributed by atoms with Gasteiger partial charge in [-0.1, -0.05) is 0 Å². The van der Waals surface area contributed by atoms with Crippen LogP contribution in [0.4, 0.5) is 0 Å². The summed E-state index contributed by atoms with van der Waals surface area (Å²) in [6, 6.07) is 3.56. The Morgan fingerprint density at radius 1 is 1.07 bits per heavy atom. The molecular weight excluding hydrogens is 348 g/mol. The Morgan fingerprint density at radius 3 is 2.15 bits per heavy atom. The van der Waals surface area contributed by atoms with Gasteiger partial charge >= 0.3 is 5.97 Å². The predicted octanol–water partition coefficient (Wildman–Crippen LogP) is 3.51. The second-order valence-corrected chi connectivity index (χ2v) is 8.05. The van der Waals surface area contributed by atoms with E-state index in [0.29, 0.717) is 11.4 Å². The van der Waals surface area contributed by atoms with Crippen LogP contribution >= 0.6 is 0 Å². The van der Waals surface area contributed by atoms with Crippen molar-refractivity contribution < 1.29 is 23.7 Å². The van der Waals surface area contributed by atoms with Gasteiger partial charge in [-0.25, -0.2) is 4.98 Å². The fraction of sp³-hybridized carbons (Fsp3) is 0.650. The highest BCUT2D eigenvalue weighted by atomic mass is 16.7. The van der Waals surface area contributed by atoms with Crippen LogP contribution in [0, 0.1) is 0 Å². The van der Waals surface area contributed by atoms with Gasteiger partial charge in [0.15, 0.2) is 0 Å². The van der Waals surface area contributed by atoms with Crippen molar-refractivity contribution >= 4 is 12.2 Å². The smallest absolute Gasteiger partial charge is 0.308 e. The molecule has 0 aliphatic rings. The number of carbonyl (C=O) groups is 1. The standard InChI is InChI=1S/C20H32N2O5/c1-18(2,3)26-16-10-9-15(13-22-16)20(24-7,25-8)14-21-12-11-17(23)27-19(4,5)6/h9-10,13-14H,11-12H2,1-8H3. The Hall–Kier alpha value is -1.99. The third kappa shape index (κ3) is 8.05. The van der Waals surface area contributed by atoms with Crippen LogP contribution < -0.4 is 4.74 Å². The molecule has 0 atom stereocenters. The van der Waals surface area contributed by atoms with Gasteiger partial charge in [-0.2, -0.15) is 0 Å². The number of pyridine rings is 1. The molecule has 0 N–H and O–H groups in total. The first-order chi connectivity index (χ1) is 12.4. The quantitative estimate of drug-likeness (QED) is 0.390. The van der Waals surface area contributed by atoms with Gasteiger partial charge in [0.2, 0.25) is 11.7 Å². The molecule has 0 aromatic carbocycles. The van der Waals surface area contributed by atoms with E-state index < -0.39 is 11.4 Å². The molecule has 7 nitrogen and oxygen atoms in total. The van der Waals surface area contributed by atoms with Crippen LogP contribution in [0.15, 0.2) is 23.3 Å². The molecule has 0 bridgehead atoms. The summed E-state index contributed by atoms with van der Waals surface area (Å²) in [6.45, 7) is 11.6. The number of ether oxygens (including phenoxy) is 4. The van der Waals surface area contributed by atoms with Crippen molar-refractivity contribution in [3.05, 3.63) is 23.9 Å². The van der Waals surface area contributed by atoms with Crippen molar-refractivity contribution in [2.45, 2.75) is 65.0 Å². The highest BCUT2D eigenvalue weighted by Gasteiger charge is 2.31.